The molecule has 0 aromatic heterocycles. The Kier molecular flexibility index (Phi) is 40.0. The molecule has 0 saturated carbocycles. The third-order valence-electron chi connectivity index (χ3n) is 7.56. The fraction of sp³-hybridized carbons (Fsp3) is 0.861. The van der Waals surface area contributed by atoms with Gasteiger partial charge in [0.05, 0.1) is 6.61 Å². The number of rotatable bonds is 31. The second-order valence-electron chi connectivity index (χ2n) is 11.5. The predicted molar refractivity (Wildman–Crippen MR) is 176 cm³/mol. The fourth-order valence-electron chi connectivity index (χ4n) is 4.95. The van der Waals surface area contributed by atoms with Crippen LogP contribution in [0.15, 0.2) is 24.3 Å². The van der Waals surface area contributed by atoms with Gasteiger partial charge in [-0.25, -0.2) is 0 Å². The Morgan fingerprint density at radius 2 is 0.744 bits per heavy atom. The van der Waals surface area contributed by atoms with Crippen molar-refractivity contribution in [1.82, 2.24) is 0 Å². The minimum absolute atomic E-state index is 0. The van der Waals surface area contributed by atoms with E-state index in [2.05, 4.69) is 38.2 Å². The zero-order chi connectivity index (χ0) is 27.6. The van der Waals surface area contributed by atoms with Gasteiger partial charge in [-0.1, -0.05) is 147 Å². The van der Waals surface area contributed by atoms with Crippen LogP contribution in [0.25, 0.3) is 0 Å². The molecule has 39 heavy (non-hydrogen) atoms. The van der Waals surface area contributed by atoms with Crippen LogP contribution >= 0.6 is 0 Å². The van der Waals surface area contributed by atoms with Crippen LogP contribution in [0.4, 0.5) is 0 Å². The van der Waals surface area contributed by atoms with Crippen LogP contribution < -0.4 is 0 Å². The van der Waals surface area contributed by atoms with Gasteiger partial charge in [0, 0.05) is 36.0 Å². The van der Waals surface area contributed by atoms with Crippen molar-refractivity contribution in [3.05, 3.63) is 24.3 Å². The SMILES string of the molecule is CCCCCCCC/C=C\CCCCCCCCOC(=O)CCCCCCC/C=C\CCCCCCCC.[Na]. The second-order valence-corrected chi connectivity index (χ2v) is 11.5. The summed E-state index contributed by atoms with van der Waals surface area (Å²) in [7, 11) is 0. The molecule has 0 rings (SSSR count). The summed E-state index contributed by atoms with van der Waals surface area (Å²) in [6.45, 7) is 5.17. The van der Waals surface area contributed by atoms with E-state index in [0.717, 1.165) is 19.3 Å². The summed E-state index contributed by atoms with van der Waals surface area (Å²) in [5, 5.41) is 0. The summed E-state index contributed by atoms with van der Waals surface area (Å²) in [6.07, 6.45) is 45.2. The number of unbranched alkanes of at least 4 members (excludes halogenated alkanes) is 23. The molecule has 0 bridgehead atoms. The maximum absolute atomic E-state index is 11.9. The average Bonchev–Trinajstić information content (AvgIpc) is 2.92. The van der Waals surface area contributed by atoms with Crippen molar-refractivity contribution in [3.8, 4) is 0 Å². The van der Waals surface area contributed by atoms with E-state index in [1.807, 2.05) is 0 Å². The summed E-state index contributed by atoms with van der Waals surface area (Å²) in [4.78, 5) is 11.9. The Bertz CT molecular complexity index is 514. The predicted octanol–water partition coefficient (Wildman–Crippen LogP) is 12.2. The van der Waals surface area contributed by atoms with Gasteiger partial charge in [-0.05, 0) is 64.2 Å². The Balaban J connectivity index is 0. The first-order valence-electron chi connectivity index (χ1n) is 17.3. The Morgan fingerprint density at radius 3 is 1.13 bits per heavy atom. The monoisotopic (exact) mass is 556 g/mol. The zero-order valence-corrected chi connectivity index (χ0v) is 29.1. The normalized spacial score (nSPS) is 11.4. The zero-order valence-electron chi connectivity index (χ0n) is 27.1. The Labute approximate surface area is 268 Å². The van der Waals surface area contributed by atoms with Crippen LogP contribution in [0.2, 0.25) is 0 Å². The van der Waals surface area contributed by atoms with Gasteiger partial charge in [-0.2, -0.15) is 0 Å². The summed E-state index contributed by atoms with van der Waals surface area (Å²) in [6, 6.07) is 0. The van der Waals surface area contributed by atoms with E-state index >= 15 is 0 Å². The van der Waals surface area contributed by atoms with Crippen molar-refractivity contribution in [3.63, 3.8) is 0 Å². The molecule has 0 unspecified atom stereocenters. The molecular weight excluding hydrogens is 487 g/mol. The van der Waals surface area contributed by atoms with Crippen LogP contribution in [-0.2, 0) is 9.53 Å². The van der Waals surface area contributed by atoms with Crippen LogP contribution in [0, 0.1) is 0 Å². The van der Waals surface area contributed by atoms with E-state index in [9.17, 15) is 4.79 Å². The Hall–Kier alpha value is -0.0500. The van der Waals surface area contributed by atoms with Crippen molar-refractivity contribution < 1.29 is 9.53 Å². The molecule has 0 aliphatic rings. The molecule has 0 saturated heterocycles. The minimum atomic E-state index is 0. The molecule has 0 aliphatic carbocycles. The minimum Gasteiger partial charge on any atom is -0.466 e. The standard InChI is InChI=1S/C36H68O2.Na/c1-3-5-7-9-11-13-15-17-19-21-23-25-27-29-31-33-35-38-36(37)34-32-30-28-26-24-22-20-18-16-14-12-10-8-6-4-2;/h17-20H,3-16,21-35H2,1-2H3;/b19-17-,20-18-;. The average molecular weight is 556 g/mol. The van der Waals surface area contributed by atoms with Crippen molar-refractivity contribution in [2.45, 2.75) is 194 Å². The van der Waals surface area contributed by atoms with Gasteiger partial charge < -0.3 is 4.74 Å². The van der Waals surface area contributed by atoms with E-state index in [1.54, 1.807) is 0 Å². The van der Waals surface area contributed by atoms with E-state index in [0.29, 0.717) is 13.0 Å². The molecule has 1 radical (unpaired) electrons. The summed E-state index contributed by atoms with van der Waals surface area (Å²) in [5.74, 6) is 0.00961. The Morgan fingerprint density at radius 1 is 0.436 bits per heavy atom. The molecule has 0 atom stereocenters. The molecule has 225 valence electrons. The number of esters is 1. The van der Waals surface area contributed by atoms with Crippen molar-refractivity contribution >= 4 is 35.5 Å². The summed E-state index contributed by atoms with van der Waals surface area (Å²) < 4.78 is 5.42. The van der Waals surface area contributed by atoms with Crippen LogP contribution in [0.5, 0.6) is 0 Å². The van der Waals surface area contributed by atoms with Gasteiger partial charge in [-0.3, -0.25) is 4.79 Å². The molecule has 3 heteroatoms. The van der Waals surface area contributed by atoms with Gasteiger partial charge in [-0.15, -0.1) is 0 Å². The van der Waals surface area contributed by atoms with Gasteiger partial charge in [0.15, 0.2) is 0 Å². The van der Waals surface area contributed by atoms with E-state index in [1.165, 1.54) is 154 Å². The van der Waals surface area contributed by atoms with E-state index in [4.69, 9.17) is 4.74 Å². The first-order chi connectivity index (χ1) is 18.8. The number of hydrogen-bond acceptors (Lipinski definition) is 2. The second kappa shape index (κ2) is 38.0. The number of allylic oxidation sites excluding steroid dienone is 4. The third-order valence-corrected chi connectivity index (χ3v) is 7.56. The van der Waals surface area contributed by atoms with Crippen molar-refractivity contribution in [2.75, 3.05) is 6.61 Å². The molecular formula is C36H68NaO2. The van der Waals surface area contributed by atoms with Crippen LogP contribution in [-0.4, -0.2) is 42.1 Å². The molecule has 0 heterocycles. The quantitative estimate of drug-likeness (QED) is 0.0368. The van der Waals surface area contributed by atoms with E-state index in [-0.39, 0.29) is 35.5 Å². The molecule has 0 aromatic rings. The van der Waals surface area contributed by atoms with Crippen LogP contribution in [0.3, 0.4) is 0 Å². The summed E-state index contributed by atoms with van der Waals surface area (Å²) >= 11 is 0. The maximum atomic E-state index is 11.9. The number of carbonyl (C=O) groups excluding carboxylic acids is 1. The molecule has 0 amide bonds. The topological polar surface area (TPSA) is 26.3 Å². The molecule has 0 fully saturated rings. The van der Waals surface area contributed by atoms with Crippen molar-refractivity contribution in [1.29, 1.82) is 0 Å². The van der Waals surface area contributed by atoms with Gasteiger partial charge in [0.2, 0.25) is 0 Å². The van der Waals surface area contributed by atoms with Gasteiger partial charge in [0.1, 0.15) is 0 Å². The van der Waals surface area contributed by atoms with E-state index < -0.39 is 0 Å². The maximum Gasteiger partial charge on any atom is 0.305 e. The molecule has 0 spiro atoms. The van der Waals surface area contributed by atoms with Gasteiger partial charge in [0.25, 0.3) is 0 Å². The third kappa shape index (κ3) is 38.0. The van der Waals surface area contributed by atoms with Gasteiger partial charge >= 0.3 is 5.97 Å². The smallest absolute Gasteiger partial charge is 0.305 e. The first kappa shape index (κ1) is 41.1. The first-order valence-corrected chi connectivity index (χ1v) is 17.3. The summed E-state index contributed by atoms with van der Waals surface area (Å²) in [5.41, 5.74) is 0. The number of hydrogen-bond donors (Lipinski definition) is 0. The largest absolute Gasteiger partial charge is 0.466 e. The molecule has 0 aromatic carbocycles. The number of ether oxygens (including phenoxy) is 1. The van der Waals surface area contributed by atoms with Crippen LogP contribution in [0.1, 0.15) is 194 Å². The van der Waals surface area contributed by atoms with Crippen molar-refractivity contribution in [2.24, 2.45) is 0 Å². The molecule has 0 N–H and O–H groups in total. The number of carbonyl (C=O) groups is 1. The molecule has 0 aliphatic heterocycles. The fourth-order valence-corrected chi connectivity index (χ4v) is 4.95. The molecule has 2 nitrogen and oxygen atoms in total.